The smallest absolute Gasteiger partial charge is 0.183 e. The minimum atomic E-state index is -4.52. The van der Waals surface area contributed by atoms with E-state index in [4.69, 9.17) is 4.29 Å². The zero-order valence-electron chi connectivity index (χ0n) is 11.9. The van der Waals surface area contributed by atoms with Gasteiger partial charge in [-0.3, -0.25) is 0 Å². The molecule has 0 saturated carbocycles. The predicted molar refractivity (Wildman–Crippen MR) is 83.6 cm³/mol. The molecule has 1 heterocycles. The van der Waals surface area contributed by atoms with Crippen molar-refractivity contribution in [1.82, 2.24) is 0 Å². The van der Waals surface area contributed by atoms with Crippen LogP contribution >= 0.6 is 23.5 Å². The molecule has 2 aromatic rings. The number of hydrogen-bond acceptors (Lipinski definition) is 6. The topological polar surface area (TPSA) is 78.4 Å². The van der Waals surface area contributed by atoms with E-state index in [1.54, 1.807) is 0 Å². The second-order valence-electron chi connectivity index (χ2n) is 4.87. The molecule has 1 aliphatic heterocycles. The van der Waals surface area contributed by atoms with Crippen molar-refractivity contribution in [2.24, 2.45) is 0 Å². The van der Waals surface area contributed by atoms with Gasteiger partial charge in [-0.15, -0.1) is 0 Å². The molecule has 120 valence electrons. The minimum absolute atomic E-state index is 0.296. The van der Waals surface area contributed by atoms with Crippen LogP contribution in [0.1, 0.15) is 11.1 Å². The zero-order chi connectivity index (χ0) is 16.3. The van der Waals surface area contributed by atoms with Crippen molar-refractivity contribution >= 4 is 28.4 Å². The second kappa shape index (κ2) is 6.86. The summed E-state index contributed by atoms with van der Waals surface area (Å²) in [5.41, 5.74) is 1.86. The van der Waals surface area contributed by atoms with Gasteiger partial charge in [0.15, 0.2) is 0 Å². The van der Waals surface area contributed by atoms with Crippen LogP contribution < -0.4 is 14.0 Å². The molecule has 1 aliphatic rings. The van der Waals surface area contributed by atoms with Crippen molar-refractivity contribution in [3.8, 4) is 0 Å². The fourth-order valence-corrected chi connectivity index (χ4v) is 5.74. The van der Waals surface area contributed by atoms with Gasteiger partial charge in [0.05, 0.1) is 14.5 Å². The summed E-state index contributed by atoms with van der Waals surface area (Å²) in [7, 11) is -4.52. The summed E-state index contributed by atoms with van der Waals surface area (Å²) in [6.45, 7) is 0. The van der Waals surface area contributed by atoms with Crippen molar-refractivity contribution in [3.63, 3.8) is 0 Å². The predicted octanol–water partition coefficient (Wildman–Crippen LogP) is 1.28. The van der Waals surface area contributed by atoms with Gasteiger partial charge in [-0.05, 0) is 16.5 Å². The Labute approximate surface area is 144 Å². The first kappa shape index (κ1) is 16.9. The molecule has 2 aromatic carbocycles. The fourth-order valence-electron chi connectivity index (χ4n) is 2.22. The maximum absolute atomic E-state index is 11.2. The normalized spacial score (nSPS) is 21.3. The number of thioether (sulfide) groups is 2. The van der Waals surface area contributed by atoms with Crippen LogP contribution in [0.4, 0.5) is 0 Å². The van der Waals surface area contributed by atoms with Crippen molar-refractivity contribution in [1.29, 1.82) is 0 Å². The van der Waals surface area contributed by atoms with E-state index in [0.29, 0.717) is 6.42 Å². The van der Waals surface area contributed by atoms with Crippen LogP contribution in [0, 0.1) is 10.2 Å². The first-order valence-corrected chi connectivity index (χ1v) is 9.67. The van der Waals surface area contributed by atoms with Gasteiger partial charge in [-0.25, -0.2) is 0 Å². The van der Waals surface area contributed by atoms with Gasteiger partial charge < -0.3 is 0 Å². The number of benzene rings is 2. The Morgan fingerprint density at radius 2 is 1.52 bits per heavy atom. The highest BCUT2D eigenvalue weighted by Crippen LogP contribution is 2.56. The summed E-state index contributed by atoms with van der Waals surface area (Å²) in [5, 5.41) is 1.84. The largest absolute Gasteiger partial charge is 0.327 e. The maximum atomic E-state index is 11.2. The summed E-state index contributed by atoms with van der Waals surface area (Å²) in [4.78, 5) is 0.880. The molecule has 1 unspecified atom stereocenters. The van der Waals surface area contributed by atoms with Crippen LogP contribution in [0.2, 0.25) is 0 Å². The van der Waals surface area contributed by atoms with Gasteiger partial charge >= 0.3 is 4.27 Å². The third kappa shape index (κ3) is 4.51. The van der Waals surface area contributed by atoms with Gasteiger partial charge in [0.2, 0.25) is 0 Å². The molecule has 0 N–H and O–H groups in total. The minimum Gasteiger partial charge on any atom is -0.183 e. The monoisotopic (exact) mass is 368 g/mol. The molecular formula is C16H13ClO4S2. The van der Waals surface area contributed by atoms with Gasteiger partial charge in [-0.1, -0.05) is 84.2 Å². The van der Waals surface area contributed by atoms with E-state index in [-0.39, 0.29) is 0 Å². The summed E-state index contributed by atoms with van der Waals surface area (Å²) >= 11 is 2.46. The van der Waals surface area contributed by atoms with Crippen LogP contribution in [-0.2, 0) is 10.7 Å². The average molecular weight is 369 g/mol. The molecule has 0 fully saturated rings. The van der Waals surface area contributed by atoms with Crippen molar-refractivity contribution < 1.29 is 28.5 Å². The fraction of sp³-hybridized carbons (Fsp3) is 0.125. The zero-order valence-corrected chi connectivity index (χ0v) is 14.3. The molecule has 23 heavy (non-hydrogen) atoms. The first-order valence-electron chi connectivity index (χ1n) is 6.74. The Hall–Kier alpha value is -0.990. The SMILES string of the molecule is [O-][Cl+3]([O-])([O-])OC1(Cc2ccccc2)SC=C(c2ccccc2)S1. The molecule has 0 amide bonds. The Morgan fingerprint density at radius 1 is 0.913 bits per heavy atom. The standard InChI is InChI=1S/C16H13ClO4S2/c18-17(19,20)21-16(11-13-7-3-1-4-8-13)22-12-15(23-16)14-9-5-2-6-10-14/h1-10,12H,11H2. The van der Waals surface area contributed by atoms with Crippen LogP contribution in [0.5, 0.6) is 0 Å². The highest BCUT2D eigenvalue weighted by molar-refractivity contribution is 8.27. The number of rotatable bonds is 5. The third-order valence-electron chi connectivity index (χ3n) is 3.14. The molecule has 0 bridgehead atoms. The van der Waals surface area contributed by atoms with E-state index in [2.05, 4.69) is 0 Å². The van der Waals surface area contributed by atoms with Crippen molar-refractivity contribution in [3.05, 3.63) is 77.2 Å². The van der Waals surface area contributed by atoms with E-state index >= 15 is 0 Å². The summed E-state index contributed by atoms with van der Waals surface area (Å²) in [6, 6.07) is 18.9. The van der Waals surface area contributed by atoms with Crippen LogP contribution in [0.3, 0.4) is 0 Å². The lowest BCUT2D eigenvalue weighted by atomic mass is 10.2. The van der Waals surface area contributed by atoms with Gasteiger partial charge in [-0.2, -0.15) is 14.0 Å². The molecule has 4 nitrogen and oxygen atoms in total. The van der Waals surface area contributed by atoms with Gasteiger partial charge in [0.25, 0.3) is 0 Å². The molecule has 0 aliphatic carbocycles. The molecule has 0 radical (unpaired) electrons. The highest BCUT2D eigenvalue weighted by atomic mass is 35.7. The van der Waals surface area contributed by atoms with E-state index in [1.807, 2.05) is 66.1 Å². The van der Waals surface area contributed by atoms with E-state index in [1.165, 1.54) is 23.5 Å². The van der Waals surface area contributed by atoms with Gasteiger partial charge in [0, 0.05) is 11.3 Å². The highest BCUT2D eigenvalue weighted by Gasteiger charge is 2.51. The van der Waals surface area contributed by atoms with Crippen LogP contribution in [-0.4, -0.2) is 4.27 Å². The summed E-state index contributed by atoms with van der Waals surface area (Å²) in [6.07, 6.45) is 0.296. The van der Waals surface area contributed by atoms with Crippen LogP contribution in [0.25, 0.3) is 4.91 Å². The van der Waals surface area contributed by atoms with Crippen molar-refractivity contribution in [2.45, 2.75) is 10.7 Å². The summed E-state index contributed by atoms with van der Waals surface area (Å²) in [5.74, 6) is 0. The Kier molecular flexibility index (Phi) is 5.03. The quantitative estimate of drug-likeness (QED) is 0.791. The third-order valence-corrected chi connectivity index (χ3v) is 6.52. The average Bonchev–Trinajstić information content (AvgIpc) is 2.91. The lowest BCUT2D eigenvalue weighted by Gasteiger charge is -2.25. The van der Waals surface area contributed by atoms with Gasteiger partial charge in [0.1, 0.15) is 0 Å². The second-order valence-corrected chi connectivity index (χ2v) is 8.47. The molecule has 3 rings (SSSR count). The summed E-state index contributed by atoms with van der Waals surface area (Å²) < 4.78 is 37.2. The molecule has 1 atom stereocenters. The van der Waals surface area contributed by atoms with E-state index in [0.717, 1.165) is 16.0 Å². The van der Waals surface area contributed by atoms with Crippen LogP contribution in [0.15, 0.2) is 66.1 Å². The first-order chi connectivity index (χ1) is 11.0. The Bertz CT molecular complexity index is 688. The molecular weight excluding hydrogens is 356 g/mol. The number of halogens is 1. The maximum Gasteiger partial charge on any atom is 0.327 e. The number of hydrogen-bond donors (Lipinski definition) is 0. The Morgan fingerprint density at radius 3 is 2.13 bits per heavy atom. The van der Waals surface area contributed by atoms with Crippen molar-refractivity contribution in [2.75, 3.05) is 0 Å². The lowest BCUT2D eigenvalue weighted by molar-refractivity contribution is -1.92. The lowest BCUT2D eigenvalue weighted by Crippen LogP contribution is -2.63. The molecule has 0 spiro atoms. The molecule has 0 aromatic heterocycles. The van der Waals surface area contributed by atoms with E-state index in [9.17, 15) is 14.0 Å². The van der Waals surface area contributed by atoms with E-state index < -0.39 is 14.5 Å². The Balaban J connectivity index is 1.84. The molecule has 7 heteroatoms. The molecule has 0 saturated heterocycles.